The van der Waals surface area contributed by atoms with Crippen molar-refractivity contribution < 1.29 is 4.79 Å². The summed E-state index contributed by atoms with van der Waals surface area (Å²) in [7, 11) is 1.85. The minimum atomic E-state index is 0. The van der Waals surface area contributed by atoms with Gasteiger partial charge in [-0.3, -0.25) is 9.79 Å². The van der Waals surface area contributed by atoms with Gasteiger partial charge in [0.25, 0.3) is 0 Å². The molecule has 1 saturated carbocycles. The summed E-state index contributed by atoms with van der Waals surface area (Å²) in [5, 5.41) is 7.18. The number of hydrogen-bond donors (Lipinski definition) is 2. The first-order chi connectivity index (χ1) is 10.7. The Morgan fingerprint density at radius 2 is 2.04 bits per heavy atom. The van der Waals surface area contributed by atoms with Crippen LogP contribution in [0.5, 0.6) is 0 Å². The molecule has 1 amide bonds. The van der Waals surface area contributed by atoms with E-state index >= 15 is 0 Å². The van der Waals surface area contributed by atoms with Crippen molar-refractivity contribution in [1.29, 1.82) is 0 Å². The summed E-state index contributed by atoms with van der Waals surface area (Å²) in [5.74, 6) is 2.72. The molecule has 1 aliphatic heterocycles. The monoisotopic (exact) mass is 454 g/mol. The molecule has 0 spiro atoms. The Kier molecular flexibility index (Phi) is 10.3. The molecule has 1 heterocycles. The highest BCUT2D eigenvalue weighted by Crippen LogP contribution is 2.26. The number of rotatable bonds is 6. The van der Waals surface area contributed by atoms with Gasteiger partial charge in [0.1, 0.15) is 0 Å². The van der Waals surface area contributed by atoms with E-state index in [1.54, 1.807) is 0 Å². The van der Waals surface area contributed by atoms with E-state index in [4.69, 9.17) is 0 Å². The minimum Gasteiger partial charge on any atom is -0.356 e. The number of aliphatic imine (C=N–C) groups is 1. The van der Waals surface area contributed by atoms with E-state index < -0.39 is 0 Å². The van der Waals surface area contributed by atoms with Crippen molar-refractivity contribution in [3.63, 3.8) is 0 Å². The Hall–Kier alpha value is -0.180. The Bertz CT molecular complexity index is 390. The molecule has 134 valence electrons. The van der Waals surface area contributed by atoms with Crippen LogP contribution in [0.2, 0.25) is 0 Å². The first kappa shape index (κ1) is 20.9. The van der Waals surface area contributed by atoms with Crippen LogP contribution in [0.3, 0.4) is 0 Å². The molecule has 2 aliphatic rings. The molecule has 1 aliphatic carbocycles. The van der Waals surface area contributed by atoms with E-state index in [0.717, 1.165) is 51.4 Å². The van der Waals surface area contributed by atoms with E-state index in [1.165, 1.54) is 18.6 Å². The summed E-state index contributed by atoms with van der Waals surface area (Å²) >= 11 is 2.07. The van der Waals surface area contributed by atoms with Crippen LogP contribution >= 0.6 is 35.7 Å². The van der Waals surface area contributed by atoms with Gasteiger partial charge in [-0.2, -0.15) is 11.8 Å². The second kappa shape index (κ2) is 11.4. The number of thioether (sulfide) groups is 1. The number of halogens is 1. The highest BCUT2D eigenvalue weighted by atomic mass is 127. The van der Waals surface area contributed by atoms with E-state index in [1.807, 2.05) is 7.05 Å². The number of nitrogens with zero attached hydrogens (tertiary/aromatic N) is 2. The van der Waals surface area contributed by atoms with Crippen LogP contribution in [0.25, 0.3) is 0 Å². The molecular formula is C16H31IN4OS. The van der Waals surface area contributed by atoms with E-state index in [2.05, 4.69) is 39.2 Å². The van der Waals surface area contributed by atoms with Crippen LogP contribution in [-0.2, 0) is 4.79 Å². The lowest BCUT2D eigenvalue weighted by Gasteiger charge is -2.34. The molecule has 2 rings (SSSR count). The largest absolute Gasteiger partial charge is 0.356 e. The standard InChI is InChI=1S/C16H30N4OS.HI/c1-3-14-12-20(10-11-22-14)16(17-2)19-9-5-8-18-15(21)13-6-4-7-13;/h13-14H,3-12H2,1-2H3,(H,17,19)(H,18,21);1H. The number of amides is 1. The normalized spacial score (nSPS) is 22.1. The van der Waals surface area contributed by atoms with Crippen molar-refractivity contribution in [3.8, 4) is 0 Å². The SMILES string of the molecule is CCC1CN(C(=NC)NCCCNC(=O)C2CCC2)CCS1.I. The Morgan fingerprint density at radius 1 is 1.30 bits per heavy atom. The third kappa shape index (κ3) is 6.68. The molecule has 1 atom stereocenters. The van der Waals surface area contributed by atoms with Gasteiger partial charge in [0.15, 0.2) is 5.96 Å². The van der Waals surface area contributed by atoms with Crippen molar-refractivity contribution in [2.45, 2.75) is 44.3 Å². The lowest BCUT2D eigenvalue weighted by molar-refractivity contribution is -0.127. The molecule has 0 radical (unpaired) electrons. The smallest absolute Gasteiger partial charge is 0.223 e. The third-order valence-corrected chi connectivity index (χ3v) is 5.89. The molecule has 23 heavy (non-hydrogen) atoms. The quantitative estimate of drug-likeness (QED) is 0.280. The molecule has 0 aromatic heterocycles. The number of carbonyl (C=O) groups excluding carboxylic acids is 1. The molecule has 2 fully saturated rings. The zero-order chi connectivity index (χ0) is 15.8. The van der Waals surface area contributed by atoms with Crippen molar-refractivity contribution >= 4 is 47.6 Å². The summed E-state index contributed by atoms with van der Waals surface area (Å²) < 4.78 is 0. The molecule has 1 unspecified atom stereocenters. The van der Waals surface area contributed by atoms with E-state index in [9.17, 15) is 4.79 Å². The maximum atomic E-state index is 11.7. The zero-order valence-electron chi connectivity index (χ0n) is 14.3. The highest BCUT2D eigenvalue weighted by molar-refractivity contribution is 14.0. The minimum absolute atomic E-state index is 0. The fourth-order valence-corrected chi connectivity index (χ4v) is 3.99. The van der Waals surface area contributed by atoms with E-state index in [0.29, 0.717) is 5.25 Å². The maximum absolute atomic E-state index is 11.7. The van der Waals surface area contributed by atoms with Gasteiger partial charge in [-0.05, 0) is 25.7 Å². The average Bonchev–Trinajstić information content (AvgIpc) is 2.49. The second-order valence-corrected chi connectivity index (χ2v) is 7.50. The van der Waals surface area contributed by atoms with Crippen LogP contribution < -0.4 is 10.6 Å². The van der Waals surface area contributed by atoms with Gasteiger partial charge in [0.2, 0.25) is 5.91 Å². The Morgan fingerprint density at radius 3 is 2.65 bits per heavy atom. The predicted molar refractivity (Wildman–Crippen MR) is 110 cm³/mol. The number of guanidine groups is 1. The van der Waals surface area contributed by atoms with Crippen LogP contribution in [0.4, 0.5) is 0 Å². The van der Waals surface area contributed by atoms with Gasteiger partial charge in [0.05, 0.1) is 0 Å². The fourth-order valence-electron chi connectivity index (χ4n) is 2.81. The van der Waals surface area contributed by atoms with Crippen LogP contribution in [0.1, 0.15) is 39.0 Å². The Balaban J connectivity index is 0.00000264. The lowest BCUT2D eigenvalue weighted by Crippen LogP contribution is -2.48. The summed E-state index contributed by atoms with van der Waals surface area (Å²) in [5.41, 5.74) is 0. The third-order valence-electron chi connectivity index (χ3n) is 4.52. The number of carbonyl (C=O) groups is 1. The Labute approximate surface area is 161 Å². The molecule has 0 aromatic carbocycles. The van der Waals surface area contributed by atoms with Gasteiger partial charge in [-0.1, -0.05) is 13.3 Å². The molecule has 2 N–H and O–H groups in total. The van der Waals surface area contributed by atoms with Crippen LogP contribution in [0.15, 0.2) is 4.99 Å². The van der Waals surface area contributed by atoms with Gasteiger partial charge in [-0.25, -0.2) is 0 Å². The first-order valence-corrected chi connectivity index (χ1v) is 9.64. The van der Waals surface area contributed by atoms with Crippen molar-refractivity contribution in [3.05, 3.63) is 0 Å². The predicted octanol–water partition coefficient (Wildman–Crippen LogP) is 2.31. The zero-order valence-corrected chi connectivity index (χ0v) is 17.5. The molecule has 1 saturated heterocycles. The summed E-state index contributed by atoms with van der Waals surface area (Å²) in [4.78, 5) is 18.5. The molecule has 5 nitrogen and oxygen atoms in total. The topological polar surface area (TPSA) is 56.7 Å². The summed E-state index contributed by atoms with van der Waals surface area (Å²) in [6.45, 7) is 6.02. The number of hydrogen-bond acceptors (Lipinski definition) is 3. The van der Waals surface area contributed by atoms with E-state index in [-0.39, 0.29) is 35.8 Å². The maximum Gasteiger partial charge on any atom is 0.223 e. The molecule has 0 bridgehead atoms. The highest BCUT2D eigenvalue weighted by Gasteiger charge is 2.24. The lowest BCUT2D eigenvalue weighted by atomic mass is 9.85. The number of nitrogens with one attached hydrogen (secondary N) is 2. The van der Waals surface area contributed by atoms with Crippen molar-refractivity contribution in [2.75, 3.05) is 39.0 Å². The van der Waals surface area contributed by atoms with Gasteiger partial charge in [0, 0.05) is 50.1 Å². The molecular weight excluding hydrogens is 423 g/mol. The van der Waals surface area contributed by atoms with Crippen LogP contribution in [-0.4, -0.2) is 61.0 Å². The summed E-state index contributed by atoms with van der Waals surface area (Å²) in [6, 6.07) is 0. The second-order valence-electron chi connectivity index (χ2n) is 6.09. The molecule has 7 heteroatoms. The molecule has 0 aromatic rings. The van der Waals surface area contributed by atoms with Gasteiger partial charge < -0.3 is 15.5 Å². The average molecular weight is 454 g/mol. The van der Waals surface area contributed by atoms with Crippen LogP contribution in [0, 0.1) is 5.92 Å². The van der Waals surface area contributed by atoms with Crippen molar-refractivity contribution in [2.24, 2.45) is 10.9 Å². The van der Waals surface area contributed by atoms with Crippen molar-refractivity contribution in [1.82, 2.24) is 15.5 Å². The summed E-state index contributed by atoms with van der Waals surface area (Å²) in [6.07, 6.45) is 5.51. The van der Waals surface area contributed by atoms with Gasteiger partial charge in [-0.15, -0.1) is 24.0 Å². The fraction of sp³-hybridized carbons (Fsp3) is 0.875. The first-order valence-electron chi connectivity index (χ1n) is 8.59. The van der Waals surface area contributed by atoms with Gasteiger partial charge >= 0.3 is 0 Å².